The van der Waals surface area contributed by atoms with Gasteiger partial charge in [-0.3, -0.25) is 0 Å². The number of hydrogen-bond acceptors (Lipinski definition) is 2. The van der Waals surface area contributed by atoms with Crippen LogP contribution in [0.3, 0.4) is 0 Å². The van der Waals surface area contributed by atoms with E-state index in [0.29, 0.717) is 5.69 Å². The number of benzene rings is 2. The van der Waals surface area contributed by atoms with Gasteiger partial charge in [0.05, 0.1) is 12.1 Å². The summed E-state index contributed by atoms with van der Waals surface area (Å²) >= 11 is 0. The second kappa shape index (κ2) is 6.22. The Hall–Kier alpha value is -1.94. The summed E-state index contributed by atoms with van der Waals surface area (Å²) < 4.78 is 27.6. The summed E-state index contributed by atoms with van der Waals surface area (Å²) in [6.07, 6.45) is -0.638. The number of aliphatic hydroxyl groups excluding tert-OH is 1. The van der Waals surface area contributed by atoms with Crippen LogP contribution in [0.5, 0.6) is 0 Å². The number of halogens is 2. The fraction of sp³-hybridized carbons (Fsp3) is 0.294. The van der Waals surface area contributed by atoms with Crippen molar-refractivity contribution in [2.45, 2.75) is 32.9 Å². The Bertz CT molecular complexity index is 641. The highest BCUT2D eigenvalue weighted by atomic mass is 19.1. The van der Waals surface area contributed by atoms with Crippen LogP contribution in [-0.4, -0.2) is 5.11 Å². The van der Waals surface area contributed by atoms with Gasteiger partial charge in [0.15, 0.2) is 0 Å². The van der Waals surface area contributed by atoms with Crippen molar-refractivity contribution in [1.82, 2.24) is 0 Å². The fourth-order valence-corrected chi connectivity index (χ4v) is 2.30. The molecule has 2 aromatic carbocycles. The highest BCUT2D eigenvalue weighted by Gasteiger charge is 2.16. The molecular formula is C17H19F2NO. The molecule has 0 saturated heterocycles. The molecule has 112 valence electrons. The standard InChI is InChI=1S/C17H19F2NO/c1-10-8-16(19)14(9-15(10)18)11(2)20-17-7-5-4-6-13(17)12(3)21/h4-9,11-12,20-21H,1-3H3. The monoisotopic (exact) mass is 291 g/mol. The van der Waals surface area contributed by atoms with Crippen molar-refractivity contribution in [2.24, 2.45) is 0 Å². The van der Waals surface area contributed by atoms with Gasteiger partial charge in [-0.05, 0) is 44.5 Å². The molecule has 0 aliphatic heterocycles. The summed E-state index contributed by atoms with van der Waals surface area (Å²) in [4.78, 5) is 0. The van der Waals surface area contributed by atoms with E-state index in [0.717, 1.165) is 5.56 Å². The van der Waals surface area contributed by atoms with Gasteiger partial charge in [0.2, 0.25) is 0 Å². The van der Waals surface area contributed by atoms with E-state index in [4.69, 9.17) is 0 Å². The molecule has 2 unspecified atom stereocenters. The predicted octanol–water partition coefficient (Wildman–Crippen LogP) is 4.50. The summed E-state index contributed by atoms with van der Waals surface area (Å²) in [5.74, 6) is -0.868. The van der Waals surface area contributed by atoms with E-state index in [9.17, 15) is 13.9 Å². The van der Waals surface area contributed by atoms with Crippen molar-refractivity contribution in [3.63, 3.8) is 0 Å². The molecule has 0 fully saturated rings. The Balaban J connectivity index is 2.30. The van der Waals surface area contributed by atoms with Gasteiger partial charge in [0.25, 0.3) is 0 Å². The van der Waals surface area contributed by atoms with E-state index >= 15 is 0 Å². The summed E-state index contributed by atoms with van der Waals surface area (Å²) in [5.41, 5.74) is 1.98. The Morgan fingerprint density at radius 3 is 2.33 bits per heavy atom. The summed E-state index contributed by atoms with van der Waals surface area (Å²) in [7, 11) is 0. The molecule has 2 N–H and O–H groups in total. The second-order valence-corrected chi connectivity index (χ2v) is 5.25. The van der Waals surface area contributed by atoms with Gasteiger partial charge in [-0.2, -0.15) is 0 Å². The predicted molar refractivity (Wildman–Crippen MR) is 80.2 cm³/mol. The van der Waals surface area contributed by atoms with Crippen LogP contribution in [0.1, 0.15) is 42.7 Å². The molecule has 0 aliphatic carbocycles. The fourth-order valence-electron chi connectivity index (χ4n) is 2.30. The maximum absolute atomic E-state index is 14.0. The first kappa shape index (κ1) is 15.4. The van der Waals surface area contributed by atoms with E-state index in [1.807, 2.05) is 12.1 Å². The molecule has 0 aliphatic rings. The van der Waals surface area contributed by atoms with Gasteiger partial charge in [-0.15, -0.1) is 0 Å². The van der Waals surface area contributed by atoms with E-state index < -0.39 is 23.8 Å². The lowest BCUT2D eigenvalue weighted by atomic mass is 10.0. The molecular weight excluding hydrogens is 272 g/mol. The van der Waals surface area contributed by atoms with Gasteiger partial charge in [0, 0.05) is 16.8 Å². The molecule has 0 amide bonds. The minimum Gasteiger partial charge on any atom is -0.389 e. The van der Waals surface area contributed by atoms with Crippen LogP contribution >= 0.6 is 0 Å². The number of aryl methyl sites for hydroxylation is 1. The molecule has 0 heterocycles. The molecule has 2 aromatic rings. The first-order valence-electron chi connectivity index (χ1n) is 6.89. The second-order valence-electron chi connectivity index (χ2n) is 5.25. The molecule has 0 bridgehead atoms. The van der Waals surface area contributed by atoms with Gasteiger partial charge >= 0.3 is 0 Å². The van der Waals surface area contributed by atoms with Gasteiger partial charge in [-0.1, -0.05) is 18.2 Å². The van der Waals surface area contributed by atoms with Crippen molar-refractivity contribution in [2.75, 3.05) is 5.32 Å². The molecule has 21 heavy (non-hydrogen) atoms. The molecule has 4 heteroatoms. The number of aliphatic hydroxyl groups is 1. The Morgan fingerprint density at radius 2 is 1.67 bits per heavy atom. The van der Waals surface area contributed by atoms with Crippen LogP contribution in [-0.2, 0) is 0 Å². The lowest BCUT2D eigenvalue weighted by molar-refractivity contribution is 0.200. The normalized spacial score (nSPS) is 13.8. The number of rotatable bonds is 4. The number of nitrogens with one attached hydrogen (secondary N) is 1. The third kappa shape index (κ3) is 3.39. The van der Waals surface area contributed by atoms with E-state index in [2.05, 4.69) is 5.32 Å². The maximum Gasteiger partial charge on any atom is 0.128 e. The maximum atomic E-state index is 14.0. The highest BCUT2D eigenvalue weighted by molar-refractivity contribution is 5.53. The smallest absolute Gasteiger partial charge is 0.128 e. The zero-order valence-corrected chi connectivity index (χ0v) is 12.3. The summed E-state index contributed by atoms with van der Waals surface area (Å²) in [5, 5.41) is 12.9. The zero-order valence-electron chi connectivity index (χ0n) is 12.3. The van der Waals surface area contributed by atoms with Crippen LogP contribution < -0.4 is 5.32 Å². The SMILES string of the molecule is Cc1cc(F)c(C(C)Nc2ccccc2C(C)O)cc1F. The molecule has 2 nitrogen and oxygen atoms in total. The van der Waals surface area contributed by atoms with Crippen LogP contribution in [0.25, 0.3) is 0 Å². The van der Waals surface area contributed by atoms with Gasteiger partial charge in [-0.25, -0.2) is 8.78 Å². The molecule has 0 radical (unpaired) electrons. The minimum atomic E-state index is -0.638. The van der Waals surface area contributed by atoms with E-state index in [1.54, 1.807) is 26.0 Å². The third-order valence-corrected chi connectivity index (χ3v) is 3.53. The number of para-hydroxylation sites is 1. The largest absolute Gasteiger partial charge is 0.389 e. The summed E-state index contributed by atoms with van der Waals surface area (Å²) in [6, 6.07) is 9.25. The van der Waals surface area contributed by atoms with Crippen molar-refractivity contribution in [1.29, 1.82) is 0 Å². The first-order chi connectivity index (χ1) is 9.90. The average Bonchev–Trinajstić information content (AvgIpc) is 2.43. The minimum absolute atomic E-state index is 0.262. The zero-order chi connectivity index (χ0) is 15.6. The average molecular weight is 291 g/mol. The Labute approximate surface area is 123 Å². The molecule has 0 saturated carbocycles. The Kier molecular flexibility index (Phi) is 4.58. The molecule has 0 aromatic heterocycles. The van der Waals surface area contributed by atoms with Crippen LogP contribution in [0.15, 0.2) is 36.4 Å². The lowest BCUT2D eigenvalue weighted by Crippen LogP contribution is -2.11. The van der Waals surface area contributed by atoms with Gasteiger partial charge < -0.3 is 10.4 Å². The van der Waals surface area contributed by atoms with Crippen molar-refractivity contribution in [3.05, 3.63) is 64.7 Å². The quantitative estimate of drug-likeness (QED) is 0.869. The molecule has 2 rings (SSSR count). The van der Waals surface area contributed by atoms with Gasteiger partial charge in [0.1, 0.15) is 11.6 Å². The van der Waals surface area contributed by atoms with Crippen molar-refractivity contribution < 1.29 is 13.9 Å². The number of hydrogen-bond donors (Lipinski definition) is 2. The lowest BCUT2D eigenvalue weighted by Gasteiger charge is -2.20. The number of anilines is 1. The molecule has 0 spiro atoms. The first-order valence-corrected chi connectivity index (χ1v) is 6.89. The topological polar surface area (TPSA) is 32.3 Å². The van der Waals surface area contributed by atoms with Crippen LogP contribution in [0.2, 0.25) is 0 Å². The highest BCUT2D eigenvalue weighted by Crippen LogP contribution is 2.28. The summed E-state index contributed by atoms with van der Waals surface area (Å²) in [6.45, 7) is 4.95. The van der Waals surface area contributed by atoms with Crippen molar-refractivity contribution in [3.8, 4) is 0 Å². The van der Waals surface area contributed by atoms with Crippen molar-refractivity contribution >= 4 is 5.69 Å². The Morgan fingerprint density at radius 1 is 1.00 bits per heavy atom. The van der Waals surface area contributed by atoms with Crippen LogP contribution in [0, 0.1) is 18.6 Å². The van der Waals surface area contributed by atoms with E-state index in [1.165, 1.54) is 19.1 Å². The van der Waals surface area contributed by atoms with Crippen LogP contribution in [0.4, 0.5) is 14.5 Å². The van der Waals surface area contributed by atoms with E-state index in [-0.39, 0.29) is 11.1 Å². The molecule has 2 atom stereocenters. The third-order valence-electron chi connectivity index (χ3n) is 3.53.